The highest BCUT2D eigenvalue weighted by molar-refractivity contribution is 6.09. The summed E-state index contributed by atoms with van der Waals surface area (Å²) in [5, 5.41) is 18.4. The van der Waals surface area contributed by atoms with Crippen molar-refractivity contribution in [2.45, 2.75) is 32.6 Å². The molecule has 0 aliphatic rings. The molecule has 0 saturated carbocycles. The number of hydrogen-bond donors (Lipinski definition) is 4. The summed E-state index contributed by atoms with van der Waals surface area (Å²) in [6, 6.07) is 19.4. The van der Waals surface area contributed by atoms with E-state index in [9.17, 15) is 14.7 Å². The molecule has 8 heteroatoms. The van der Waals surface area contributed by atoms with Gasteiger partial charge in [0.05, 0.1) is 16.7 Å². The maximum Gasteiger partial charge on any atom is 0.412 e. The van der Waals surface area contributed by atoms with E-state index in [1.165, 1.54) is 0 Å². The molecule has 0 aliphatic heterocycles. The standard InChI is InChI=1S/C26H26N4O4/c1-26(2,3)34-25(33)28-17-8-6-7-16(13-17)24(32)30-22-18-9-4-5-10-20(18)29-21-14-15(23(27)31)11-12-19(21)22/h4-14,24,32H,1-3H3,(H2,27,31)(H,28,33)(H,29,30). The van der Waals surface area contributed by atoms with Crippen molar-refractivity contribution in [1.29, 1.82) is 0 Å². The van der Waals surface area contributed by atoms with E-state index >= 15 is 0 Å². The lowest BCUT2D eigenvalue weighted by Crippen LogP contribution is -2.27. The second-order valence-corrected chi connectivity index (χ2v) is 8.90. The molecule has 0 bridgehead atoms. The van der Waals surface area contributed by atoms with E-state index in [2.05, 4.69) is 15.6 Å². The number of pyridine rings is 1. The first-order valence-corrected chi connectivity index (χ1v) is 10.8. The molecule has 4 aromatic rings. The predicted octanol–water partition coefficient (Wildman–Crippen LogP) is 4.94. The van der Waals surface area contributed by atoms with Gasteiger partial charge in [-0.1, -0.05) is 30.3 Å². The summed E-state index contributed by atoms with van der Waals surface area (Å²) in [5.41, 5.74) is 8.12. The summed E-state index contributed by atoms with van der Waals surface area (Å²) in [6.45, 7) is 5.35. The Kier molecular flexibility index (Phi) is 6.08. The highest BCUT2D eigenvalue weighted by Gasteiger charge is 2.18. The normalized spacial score (nSPS) is 12.4. The van der Waals surface area contributed by atoms with Crippen LogP contribution in [0, 0.1) is 0 Å². The van der Waals surface area contributed by atoms with E-state index in [1.54, 1.807) is 63.2 Å². The lowest BCUT2D eigenvalue weighted by Gasteiger charge is -2.21. The number of nitrogens with one attached hydrogen (secondary N) is 2. The zero-order valence-electron chi connectivity index (χ0n) is 19.1. The molecule has 0 radical (unpaired) electrons. The number of aliphatic hydroxyl groups excluding tert-OH is 1. The fourth-order valence-electron chi connectivity index (χ4n) is 3.63. The molecule has 5 N–H and O–H groups in total. The molecule has 1 atom stereocenters. The Bertz CT molecular complexity index is 1390. The van der Waals surface area contributed by atoms with E-state index in [1.807, 2.05) is 24.3 Å². The zero-order chi connectivity index (χ0) is 24.5. The van der Waals surface area contributed by atoms with E-state index < -0.39 is 23.8 Å². The number of aromatic nitrogens is 1. The van der Waals surface area contributed by atoms with Gasteiger partial charge in [0.15, 0.2) is 6.23 Å². The number of benzene rings is 3. The number of nitrogens with two attached hydrogens (primary N) is 1. The van der Waals surface area contributed by atoms with Gasteiger partial charge in [-0.3, -0.25) is 10.1 Å². The molecule has 2 amide bonds. The minimum absolute atomic E-state index is 0.350. The topological polar surface area (TPSA) is 127 Å². The van der Waals surface area contributed by atoms with Gasteiger partial charge in [0.2, 0.25) is 5.91 Å². The molecule has 174 valence electrons. The Hall–Kier alpha value is -4.17. The van der Waals surface area contributed by atoms with E-state index in [-0.39, 0.29) is 0 Å². The number of nitrogens with zero attached hydrogens (tertiary/aromatic N) is 1. The molecule has 34 heavy (non-hydrogen) atoms. The van der Waals surface area contributed by atoms with Gasteiger partial charge in [0.1, 0.15) is 5.60 Å². The number of aliphatic hydroxyl groups is 1. The predicted molar refractivity (Wildman–Crippen MR) is 133 cm³/mol. The number of ether oxygens (including phenoxy) is 1. The Morgan fingerprint density at radius 3 is 2.44 bits per heavy atom. The molecule has 1 heterocycles. The maximum absolute atomic E-state index is 12.1. The molecule has 8 nitrogen and oxygen atoms in total. The van der Waals surface area contributed by atoms with E-state index in [0.717, 1.165) is 10.8 Å². The van der Waals surface area contributed by atoms with Gasteiger partial charge in [-0.15, -0.1) is 0 Å². The van der Waals surface area contributed by atoms with E-state index in [4.69, 9.17) is 10.5 Å². The van der Waals surface area contributed by atoms with Gasteiger partial charge in [-0.25, -0.2) is 9.78 Å². The third-order valence-electron chi connectivity index (χ3n) is 5.09. The van der Waals surface area contributed by atoms with Crippen LogP contribution in [0.5, 0.6) is 0 Å². The van der Waals surface area contributed by atoms with Crippen molar-refractivity contribution in [2.24, 2.45) is 5.73 Å². The zero-order valence-corrected chi connectivity index (χ0v) is 19.1. The van der Waals surface area contributed by atoms with Crippen LogP contribution >= 0.6 is 0 Å². The number of fused-ring (bicyclic) bond motifs is 2. The van der Waals surface area contributed by atoms with Crippen LogP contribution in [0.25, 0.3) is 21.8 Å². The Morgan fingerprint density at radius 1 is 0.971 bits per heavy atom. The van der Waals surface area contributed by atoms with Crippen LogP contribution < -0.4 is 16.4 Å². The average molecular weight is 459 g/mol. The largest absolute Gasteiger partial charge is 0.444 e. The Balaban J connectivity index is 1.68. The number of carbonyl (C=O) groups is 2. The Morgan fingerprint density at radius 2 is 1.71 bits per heavy atom. The number of para-hydroxylation sites is 1. The van der Waals surface area contributed by atoms with Crippen molar-refractivity contribution in [1.82, 2.24) is 4.98 Å². The van der Waals surface area contributed by atoms with Crippen LogP contribution in [0.15, 0.2) is 66.7 Å². The highest BCUT2D eigenvalue weighted by Crippen LogP contribution is 2.33. The molecule has 0 spiro atoms. The summed E-state index contributed by atoms with van der Waals surface area (Å²) < 4.78 is 5.29. The summed E-state index contributed by atoms with van der Waals surface area (Å²) in [4.78, 5) is 28.4. The second-order valence-electron chi connectivity index (χ2n) is 8.90. The first-order valence-electron chi connectivity index (χ1n) is 10.8. The number of carbonyl (C=O) groups excluding carboxylic acids is 2. The van der Waals surface area contributed by atoms with Crippen LogP contribution in [0.4, 0.5) is 16.2 Å². The highest BCUT2D eigenvalue weighted by atomic mass is 16.6. The lowest BCUT2D eigenvalue weighted by atomic mass is 10.0. The molecular formula is C26H26N4O4. The maximum atomic E-state index is 12.1. The van der Waals surface area contributed by atoms with Gasteiger partial charge in [-0.2, -0.15) is 0 Å². The number of primary amides is 1. The fourth-order valence-corrected chi connectivity index (χ4v) is 3.63. The third kappa shape index (κ3) is 5.07. The van der Waals surface area contributed by atoms with Gasteiger partial charge >= 0.3 is 6.09 Å². The smallest absolute Gasteiger partial charge is 0.412 e. The monoisotopic (exact) mass is 458 g/mol. The molecule has 3 aromatic carbocycles. The van der Waals surface area contributed by atoms with Gasteiger partial charge in [0.25, 0.3) is 0 Å². The van der Waals surface area contributed by atoms with E-state index in [0.29, 0.717) is 33.5 Å². The molecule has 4 rings (SSSR count). The van der Waals surface area contributed by atoms with Crippen LogP contribution in [-0.2, 0) is 4.74 Å². The van der Waals surface area contributed by atoms with Crippen molar-refractivity contribution in [2.75, 3.05) is 10.6 Å². The number of rotatable bonds is 5. The quantitative estimate of drug-likeness (QED) is 0.248. The third-order valence-corrected chi connectivity index (χ3v) is 5.09. The van der Waals surface area contributed by atoms with Crippen LogP contribution in [0.3, 0.4) is 0 Å². The molecule has 0 saturated heterocycles. The molecule has 1 unspecified atom stereocenters. The molecule has 0 fully saturated rings. The minimum Gasteiger partial charge on any atom is -0.444 e. The summed E-state index contributed by atoms with van der Waals surface area (Å²) in [5.74, 6) is -0.541. The summed E-state index contributed by atoms with van der Waals surface area (Å²) in [6.07, 6.45) is -1.67. The van der Waals surface area contributed by atoms with Crippen molar-refractivity contribution in [3.8, 4) is 0 Å². The van der Waals surface area contributed by atoms with Crippen LogP contribution in [-0.4, -0.2) is 27.7 Å². The van der Waals surface area contributed by atoms with Crippen molar-refractivity contribution >= 4 is 45.2 Å². The number of amides is 2. The minimum atomic E-state index is -1.09. The van der Waals surface area contributed by atoms with Gasteiger partial charge in [-0.05, 0) is 57.2 Å². The summed E-state index contributed by atoms with van der Waals surface area (Å²) >= 11 is 0. The number of hydrogen-bond acceptors (Lipinski definition) is 6. The summed E-state index contributed by atoms with van der Waals surface area (Å²) in [7, 11) is 0. The van der Waals surface area contributed by atoms with Crippen LogP contribution in [0.2, 0.25) is 0 Å². The van der Waals surface area contributed by atoms with Crippen LogP contribution in [0.1, 0.15) is 42.9 Å². The molecular weight excluding hydrogens is 432 g/mol. The van der Waals surface area contributed by atoms with Crippen molar-refractivity contribution < 1.29 is 19.4 Å². The van der Waals surface area contributed by atoms with Gasteiger partial charge < -0.3 is 20.9 Å². The first-order chi connectivity index (χ1) is 16.1. The molecule has 1 aromatic heterocycles. The van der Waals surface area contributed by atoms with Gasteiger partial charge in [0, 0.05) is 27.6 Å². The second kappa shape index (κ2) is 8.99. The Labute approximate surface area is 196 Å². The van der Waals surface area contributed by atoms with Crippen molar-refractivity contribution in [3.63, 3.8) is 0 Å². The average Bonchev–Trinajstić information content (AvgIpc) is 2.77. The first kappa shape index (κ1) is 23.0. The SMILES string of the molecule is CC(C)(C)OC(=O)Nc1cccc(C(O)Nc2c3ccccc3nc3cc(C(N)=O)ccc23)c1. The fraction of sp³-hybridized carbons (Fsp3) is 0.192. The lowest BCUT2D eigenvalue weighted by molar-refractivity contribution is 0.0635. The molecule has 0 aliphatic carbocycles. The number of anilines is 2. The van der Waals surface area contributed by atoms with Crippen molar-refractivity contribution in [3.05, 3.63) is 77.9 Å².